The van der Waals surface area contributed by atoms with E-state index >= 15 is 0 Å². The van der Waals surface area contributed by atoms with E-state index in [4.69, 9.17) is 9.47 Å². The molecule has 1 N–H and O–H groups in total. The fraction of sp³-hybridized carbons (Fsp3) is 0.647. The van der Waals surface area contributed by atoms with Gasteiger partial charge in [-0.15, -0.1) is 0 Å². The highest BCUT2D eigenvalue weighted by molar-refractivity contribution is 5.48. The molecule has 2 rings (SSSR count). The van der Waals surface area contributed by atoms with Crippen molar-refractivity contribution in [1.82, 2.24) is 10.2 Å². The lowest BCUT2D eigenvalue weighted by molar-refractivity contribution is 0.108. The minimum Gasteiger partial charge on any atom is -0.496 e. The molecule has 0 radical (unpaired) electrons. The van der Waals surface area contributed by atoms with Gasteiger partial charge >= 0.3 is 0 Å². The van der Waals surface area contributed by atoms with Crippen LogP contribution >= 0.6 is 0 Å². The molecule has 0 bridgehead atoms. The summed E-state index contributed by atoms with van der Waals surface area (Å²) in [6.45, 7) is 6.90. The van der Waals surface area contributed by atoms with Gasteiger partial charge < -0.3 is 14.8 Å². The van der Waals surface area contributed by atoms with E-state index in [9.17, 15) is 0 Å². The fourth-order valence-corrected chi connectivity index (χ4v) is 3.49. The predicted molar refractivity (Wildman–Crippen MR) is 86.2 cm³/mol. The molecule has 0 aliphatic carbocycles. The van der Waals surface area contributed by atoms with Gasteiger partial charge in [-0.2, -0.15) is 0 Å². The van der Waals surface area contributed by atoms with Crippen molar-refractivity contribution >= 4 is 0 Å². The van der Waals surface area contributed by atoms with Gasteiger partial charge in [0.25, 0.3) is 0 Å². The zero-order valence-corrected chi connectivity index (χ0v) is 13.9. The fourth-order valence-electron chi connectivity index (χ4n) is 3.49. The highest BCUT2D eigenvalue weighted by Gasteiger charge is 2.39. The molecule has 118 valence electrons. The van der Waals surface area contributed by atoms with Crippen LogP contribution in [0.5, 0.6) is 11.5 Å². The lowest BCUT2D eigenvalue weighted by Gasteiger charge is -2.43. The summed E-state index contributed by atoms with van der Waals surface area (Å²) < 4.78 is 11.2. The molecular formula is C17H28N2O2. The van der Waals surface area contributed by atoms with Crippen LogP contribution in [0.25, 0.3) is 0 Å². The van der Waals surface area contributed by atoms with Gasteiger partial charge in [0, 0.05) is 5.54 Å². The van der Waals surface area contributed by atoms with Gasteiger partial charge in [-0.25, -0.2) is 0 Å². The normalized spacial score (nSPS) is 17.8. The van der Waals surface area contributed by atoms with Gasteiger partial charge in [0.05, 0.1) is 25.8 Å². The van der Waals surface area contributed by atoms with E-state index in [0.717, 1.165) is 30.2 Å². The number of nitrogens with one attached hydrogen (secondary N) is 1. The van der Waals surface area contributed by atoms with Crippen LogP contribution in [-0.4, -0.2) is 44.8 Å². The SMILES string of the molecule is CNC(c1c(OC)cccc1OC)C(C)(C)N1CCCC1. The standard InChI is InChI=1S/C17H28N2O2/c1-17(2,19-11-6-7-12-19)16(18-3)15-13(20-4)9-8-10-14(15)21-5/h8-10,16,18H,6-7,11-12H2,1-5H3. The molecule has 0 aromatic heterocycles. The van der Waals surface area contributed by atoms with Crippen molar-refractivity contribution in [2.75, 3.05) is 34.4 Å². The Morgan fingerprint density at radius 2 is 1.62 bits per heavy atom. The number of nitrogens with zero attached hydrogens (tertiary/aromatic N) is 1. The molecule has 1 aliphatic heterocycles. The molecule has 21 heavy (non-hydrogen) atoms. The summed E-state index contributed by atoms with van der Waals surface area (Å²) in [5, 5.41) is 3.48. The van der Waals surface area contributed by atoms with Crippen molar-refractivity contribution in [2.45, 2.75) is 38.3 Å². The highest BCUT2D eigenvalue weighted by Crippen LogP contribution is 2.41. The maximum atomic E-state index is 5.59. The smallest absolute Gasteiger partial charge is 0.127 e. The van der Waals surface area contributed by atoms with E-state index in [-0.39, 0.29) is 11.6 Å². The molecule has 1 fully saturated rings. The minimum atomic E-state index is -0.00678. The first kappa shape index (κ1) is 16.1. The summed E-state index contributed by atoms with van der Waals surface area (Å²) in [4.78, 5) is 2.56. The van der Waals surface area contributed by atoms with E-state index in [0.29, 0.717) is 0 Å². The van der Waals surface area contributed by atoms with Gasteiger partial charge in [-0.1, -0.05) is 6.07 Å². The molecule has 0 saturated carbocycles. The van der Waals surface area contributed by atoms with E-state index in [1.54, 1.807) is 14.2 Å². The summed E-state index contributed by atoms with van der Waals surface area (Å²) in [6, 6.07) is 6.11. The zero-order chi connectivity index (χ0) is 15.5. The number of benzene rings is 1. The topological polar surface area (TPSA) is 33.7 Å². The Morgan fingerprint density at radius 1 is 1.10 bits per heavy atom. The Morgan fingerprint density at radius 3 is 2.05 bits per heavy atom. The summed E-state index contributed by atoms with van der Waals surface area (Å²) in [5.74, 6) is 1.75. The first-order valence-corrected chi connectivity index (χ1v) is 7.69. The second kappa shape index (κ2) is 6.67. The molecule has 0 amide bonds. The lowest BCUT2D eigenvalue weighted by atomic mass is 9.86. The molecule has 1 saturated heterocycles. The van der Waals surface area contributed by atoms with Crippen LogP contribution in [0.1, 0.15) is 38.3 Å². The number of hydrogen-bond donors (Lipinski definition) is 1. The molecule has 4 nitrogen and oxygen atoms in total. The summed E-state index contributed by atoms with van der Waals surface area (Å²) in [6.07, 6.45) is 2.56. The van der Waals surface area contributed by atoms with Crippen LogP contribution in [0, 0.1) is 0 Å². The van der Waals surface area contributed by atoms with Gasteiger partial charge in [0.15, 0.2) is 0 Å². The maximum absolute atomic E-state index is 5.59. The number of ether oxygens (including phenoxy) is 2. The minimum absolute atomic E-state index is 0.00678. The molecule has 1 aliphatic rings. The van der Waals surface area contributed by atoms with E-state index in [2.05, 4.69) is 24.1 Å². The van der Waals surface area contributed by atoms with Crippen LogP contribution in [0.4, 0.5) is 0 Å². The third-order valence-electron chi connectivity index (χ3n) is 4.67. The molecule has 1 atom stereocenters. The van der Waals surface area contributed by atoms with Crippen LogP contribution < -0.4 is 14.8 Å². The van der Waals surface area contributed by atoms with Gasteiger partial charge in [-0.05, 0) is 59.0 Å². The predicted octanol–water partition coefficient (Wildman–Crippen LogP) is 2.84. The monoisotopic (exact) mass is 292 g/mol. The van der Waals surface area contributed by atoms with Crippen LogP contribution in [-0.2, 0) is 0 Å². The Hall–Kier alpha value is -1.26. The zero-order valence-electron chi connectivity index (χ0n) is 13.9. The van der Waals surface area contributed by atoms with Crippen molar-refractivity contribution in [1.29, 1.82) is 0 Å². The van der Waals surface area contributed by atoms with E-state index < -0.39 is 0 Å². The number of methoxy groups -OCH3 is 2. The average molecular weight is 292 g/mol. The number of likely N-dealkylation sites (tertiary alicyclic amines) is 1. The molecule has 0 spiro atoms. The third-order valence-corrected chi connectivity index (χ3v) is 4.67. The van der Waals surface area contributed by atoms with Gasteiger partial charge in [0.2, 0.25) is 0 Å². The van der Waals surface area contributed by atoms with Gasteiger partial charge in [0.1, 0.15) is 11.5 Å². The van der Waals surface area contributed by atoms with Crippen LogP contribution in [0.3, 0.4) is 0 Å². The third kappa shape index (κ3) is 3.01. The Bertz CT molecular complexity index is 446. The Labute approximate surface area is 128 Å². The number of rotatable bonds is 6. The molecule has 1 aromatic carbocycles. The largest absolute Gasteiger partial charge is 0.496 e. The number of likely N-dealkylation sites (N-methyl/N-ethyl adjacent to an activating group) is 1. The van der Waals surface area contributed by atoms with Crippen LogP contribution in [0.2, 0.25) is 0 Å². The van der Waals surface area contributed by atoms with Crippen molar-refractivity contribution in [3.8, 4) is 11.5 Å². The van der Waals surface area contributed by atoms with Crippen molar-refractivity contribution in [2.24, 2.45) is 0 Å². The Kier molecular flexibility index (Phi) is 5.12. The van der Waals surface area contributed by atoms with Crippen molar-refractivity contribution in [3.63, 3.8) is 0 Å². The molecular weight excluding hydrogens is 264 g/mol. The Balaban J connectivity index is 2.45. The molecule has 4 heteroatoms. The highest BCUT2D eigenvalue weighted by atomic mass is 16.5. The second-order valence-corrected chi connectivity index (χ2v) is 6.15. The van der Waals surface area contributed by atoms with E-state index in [1.165, 1.54) is 12.8 Å². The van der Waals surface area contributed by atoms with Crippen molar-refractivity contribution < 1.29 is 9.47 Å². The lowest BCUT2D eigenvalue weighted by Crippen LogP contribution is -2.51. The van der Waals surface area contributed by atoms with Crippen LogP contribution in [0.15, 0.2) is 18.2 Å². The summed E-state index contributed by atoms with van der Waals surface area (Å²) in [7, 11) is 5.44. The first-order chi connectivity index (χ1) is 10.1. The summed E-state index contributed by atoms with van der Waals surface area (Å²) in [5.41, 5.74) is 1.09. The summed E-state index contributed by atoms with van der Waals surface area (Å²) >= 11 is 0. The quantitative estimate of drug-likeness (QED) is 0.874. The van der Waals surface area contributed by atoms with Gasteiger partial charge in [-0.3, -0.25) is 4.90 Å². The van der Waals surface area contributed by atoms with E-state index in [1.807, 2.05) is 25.2 Å². The molecule has 1 aromatic rings. The molecule has 1 unspecified atom stereocenters. The average Bonchev–Trinajstić information content (AvgIpc) is 3.02. The number of hydrogen-bond acceptors (Lipinski definition) is 4. The second-order valence-electron chi connectivity index (χ2n) is 6.15. The molecule has 1 heterocycles. The van der Waals surface area contributed by atoms with Crippen molar-refractivity contribution in [3.05, 3.63) is 23.8 Å². The maximum Gasteiger partial charge on any atom is 0.127 e. The first-order valence-electron chi connectivity index (χ1n) is 7.69.